The summed E-state index contributed by atoms with van der Waals surface area (Å²) >= 11 is 3.37. The Bertz CT molecular complexity index is 683. The van der Waals surface area contributed by atoms with Crippen LogP contribution in [0.4, 0.5) is 0 Å². The van der Waals surface area contributed by atoms with Crippen LogP contribution in [0.15, 0.2) is 35.0 Å². The van der Waals surface area contributed by atoms with Gasteiger partial charge in [-0.2, -0.15) is 11.3 Å². The number of fused-ring (bicyclic) bond motifs is 1. The number of thiophene rings is 1. The second kappa shape index (κ2) is 4.92. The molecule has 1 aromatic carbocycles. The van der Waals surface area contributed by atoms with Gasteiger partial charge < -0.3 is 4.74 Å². The number of aromatic nitrogens is 1. The normalized spacial score (nSPS) is 11.4. The van der Waals surface area contributed by atoms with Crippen LogP contribution < -0.4 is 4.74 Å². The van der Waals surface area contributed by atoms with Gasteiger partial charge in [-0.1, -0.05) is 6.08 Å². The van der Waals surface area contributed by atoms with Gasteiger partial charge in [0.25, 0.3) is 0 Å². The number of methoxy groups -OCH3 is 1. The van der Waals surface area contributed by atoms with Gasteiger partial charge in [0.1, 0.15) is 10.8 Å². The zero-order valence-corrected chi connectivity index (χ0v) is 11.4. The number of thiazole rings is 1. The highest BCUT2D eigenvalue weighted by Crippen LogP contribution is 2.27. The predicted molar refractivity (Wildman–Crippen MR) is 79.4 cm³/mol. The molecule has 0 amide bonds. The molecule has 0 saturated carbocycles. The van der Waals surface area contributed by atoms with Gasteiger partial charge in [-0.05, 0) is 46.7 Å². The molecule has 0 atom stereocenters. The van der Waals surface area contributed by atoms with Gasteiger partial charge in [0.05, 0.1) is 17.3 Å². The molecule has 0 radical (unpaired) electrons. The molecule has 0 spiro atoms. The molecule has 0 unspecified atom stereocenters. The lowest BCUT2D eigenvalue weighted by Crippen LogP contribution is -1.80. The number of benzene rings is 1. The smallest absolute Gasteiger partial charge is 0.120 e. The van der Waals surface area contributed by atoms with Gasteiger partial charge in [-0.3, -0.25) is 0 Å². The first-order valence-electron chi connectivity index (χ1n) is 5.50. The van der Waals surface area contributed by atoms with Gasteiger partial charge in [-0.25, -0.2) is 4.98 Å². The van der Waals surface area contributed by atoms with E-state index in [4.69, 9.17) is 4.74 Å². The summed E-state index contributed by atoms with van der Waals surface area (Å²) in [5.41, 5.74) is 2.24. The highest BCUT2D eigenvalue weighted by atomic mass is 32.1. The van der Waals surface area contributed by atoms with Crippen molar-refractivity contribution in [3.8, 4) is 5.75 Å². The minimum absolute atomic E-state index is 0.875. The molecule has 2 nitrogen and oxygen atoms in total. The average Bonchev–Trinajstić information content (AvgIpc) is 3.04. The molecule has 0 fully saturated rings. The monoisotopic (exact) mass is 273 g/mol. The van der Waals surface area contributed by atoms with Gasteiger partial charge in [0, 0.05) is 0 Å². The summed E-state index contributed by atoms with van der Waals surface area (Å²) in [5, 5.41) is 5.21. The Morgan fingerprint density at radius 2 is 2.17 bits per heavy atom. The molecular formula is C14H11NOS2. The second-order valence-corrected chi connectivity index (χ2v) is 5.62. The Morgan fingerprint density at radius 1 is 1.22 bits per heavy atom. The Labute approximate surface area is 113 Å². The second-order valence-electron chi connectivity index (χ2n) is 3.78. The van der Waals surface area contributed by atoms with E-state index in [-0.39, 0.29) is 0 Å². The van der Waals surface area contributed by atoms with Crippen molar-refractivity contribution < 1.29 is 4.74 Å². The quantitative estimate of drug-likeness (QED) is 0.699. The fraction of sp³-hybridized carbons (Fsp3) is 0.0714. The molecule has 0 saturated heterocycles. The third-order valence-corrected chi connectivity index (χ3v) is 4.26. The average molecular weight is 273 g/mol. The summed E-state index contributed by atoms with van der Waals surface area (Å²) < 4.78 is 6.36. The molecule has 0 bridgehead atoms. The molecule has 4 heteroatoms. The summed E-state index contributed by atoms with van der Waals surface area (Å²) in [6.07, 6.45) is 4.14. The molecule has 3 aromatic rings. The topological polar surface area (TPSA) is 22.1 Å². The third kappa shape index (κ3) is 2.30. The molecule has 3 rings (SSSR count). The van der Waals surface area contributed by atoms with Crippen LogP contribution in [-0.2, 0) is 0 Å². The van der Waals surface area contributed by atoms with Crippen molar-refractivity contribution >= 4 is 45.0 Å². The molecule has 2 aromatic heterocycles. The Kier molecular flexibility index (Phi) is 3.13. The van der Waals surface area contributed by atoms with Crippen LogP contribution in [0, 0.1) is 0 Å². The zero-order chi connectivity index (χ0) is 12.4. The van der Waals surface area contributed by atoms with E-state index >= 15 is 0 Å². The minimum atomic E-state index is 0.875. The first-order chi connectivity index (χ1) is 8.85. The standard InChI is InChI=1S/C14H11NOS2/c1-16-11-3-4-12-13(8-11)18-14(15-12)5-2-10-6-7-17-9-10/h2-9H,1H3/b5-2+. The van der Waals surface area contributed by atoms with Crippen molar-refractivity contribution in [3.05, 3.63) is 45.6 Å². The zero-order valence-electron chi connectivity index (χ0n) is 9.79. The number of hydrogen-bond acceptors (Lipinski definition) is 4. The van der Waals surface area contributed by atoms with Crippen molar-refractivity contribution in [3.63, 3.8) is 0 Å². The Balaban J connectivity index is 1.93. The lowest BCUT2D eigenvalue weighted by Gasteiger charge is -1.96. The Hall–Kier alpha value is -1.65. The van der Waals surface area contributed by atoms with E-state index in [1.165, 1.54) is 5.56 Å². The first kappa shape index (κ1) is 11.4. The fourth-order valence-electron chi connectivity index (χ4n) is 1.66. The number of nitrogens with zero attached hydrogens (tertiary/aromatic N) is 1. The highest BCUT2D eigenvalue weighted by Gasteiger charge is 2.02. The highest BCUT2D eigenvalue weighted by molar-refractivity contribution is 7.19. The molecule has 0 aliphatic rings. The van der Waals surface area contributed by atoms with Crippen molar-refractivity contribution in [2.24, 2.45) is 0 Å². The maximum Gasteiger partial charge on any atom is 0.120 e. The third-order valence-electron chi connectivity index (χ3n) is 2.57. The van der Waals surface area contributed by atoms with Gasteiger partial charge in [-0.15, -0.1) is 11.3 Å². The van der Waals surface area contributed by atoms with Crippen molar-refractivity contribution in [2.45, 2.75) is 0 Å². The summed E-state index contributed by atoms with van der Waals surface area (Å²) in [6, 6.07) is 8.05. The van der Waals surface area contributed by atoms with Crippen LogP contribution in [0.5, 0.6) is 5.75 Å². The fourth-order valence-corrected chi connectivity index (χ4v) is 3.19. The van der Waals surface area contributed by atoms with E-state index in [0.717, 1.165) is 21.0 Å². The van der Waals surface area contributed by atoms with Gasteiger partial charge in [0.15, 0.2) is 0 Å². The predicted octanol–water partition coefficient (Wildman–Crippen LogP) is 4.54. The van der Waals surface area contributed by atoms with E-state index < -0.39 is 0 Å². The molecule has 90 valence electrons. The van der Waals surface area contributed by atoms with E-state index in [0.29, 0.717) is 0 Å². The maximum atomic E-state index is 5.21. The van der Waals surface area contributed by atoms with Crippen LogP contribution in [0.3, 0.4) is 0 Å². The van der Waals surface area contributed by atoms with Crippen LogP contribution in [-0.4, -0.2) is 12.1 Å². The number of hydrogen-bond donors (Lipinski definition) is 0. The first-order valence-corrected chi connectivity index (χ1v) is 7.26. The van der Waals surface area contributed by atoms with E-state index in [2.05, 4.69) is 34.0 Å². The van der Waals surface area contributed by atoms with E-state index in [1.807, 2.05) is 18.2 Å². The lowest BCUT2D eigenvalue weighted by molar-refractivity contribution is 0.415. The molecule has 18 heavy (non-hydrogen) atoms. The lowest BCUT2D eigenvalue weighted by atomic mass is 10.3. The molecular weight excluding hydrogens is 262 g/mol. The summed E-state index contributed by atoms with van der Waals surface area (Å²) in [6.45, 7) is 0. The molecule has 0 N–H and O–H groups in total. The van der Waals surface area contributed by atoms with Crippen molar-refractivity contribution in [2.75, 3.05) is 7.11 Å². The van der Waals surface area contributed by atoms with E-state index in [1.54, 1.807) is 29.8 Å². The van der Waals surface area contributed by atoms with Crippen LogP contribution in [0.2, 0.25) is 0 Å². The summed E-state index contributed by atoms with van der Waals surface area (Å²) in [4.78, 5) is 4.57. The molecule has 0 aliphatic heterocycles. The van der Waals surface area contributed by atoms with Gasteiger partial charge >= 0.3 is 0 Å². The van der Waals surface area contributed by atoms with Crippen molar-refractivity contribution in [1.82, 2.24) is 4.98 Å². The number of ether oxygens (including phenoxy) is 1. The largest absolute Gasteiger partial charge is 0.497 e. The van der Waals surface area contributed by atoms with Crippen LogP contribution >= 0.6 is 22.7 Å². The van der Waals surface area contributed by atoms with Gasteiger partial charge in [0.2, 0.25) is 0 Å². The summed E-state index contributed by atoms with van der Waals surface area (Å²) in [7, 11) is 1.68. The SMILES string of the molecule is COc1ccc2nc(/C=C/c3ccsc3)sc2c1. The van der Waals surface area contributed by atoms with Crippen LogP contribution in [0.25, 0.3) is 22.4 Å². The molecule has 0 aliphatic carbocycles. The number of rotatable bonds is 3. The summed E-state index contributed by atoms with van der Waals surface area (Å²) in [5.74, 6) is 0.875. The van der Waals surface area contributed by atoms with E-state index in [9.17, 15) is 0 Å². The van der Waals surface area contributed by atoms with Crippen molar-refractivity contribution in [1.29, 1.82) is 0 Å². The Morgan fingerprint density at radius 3 is 2.94 bits per heavy atom. The molecule has 2 heterocycles. The van der Waals surface area contributed by atoms with Crippen LogP contribution in [0.1, 0.15) is 10.6 Å². The minimum Gasteiger partial charge on any atom is -0.497 e. The maximum absolute atomic E-state index is 5.21.